The standard InChI is InChI=1S/C14H18N2O/c17-14(13-6-3-9-15-13)16-12-8-7-10-4-1-2-5-11(10)12/h1-2,4-5,12-13,15H,3,6-9H2,(H,16,17)/t12-,13+/m1/s1. The molecular weight excluding hydrogens is 212 g/mol. The summed E-state index contributed by atoms with van der Waals surface area (Å²) in [4.78, 5) is 12.0. The summed E-state index contributed by atoms with van der Waals surface area (Å²) in [5.41, 5.74) is 2.69. The Labute approximate surface area is 102 Å². The summed E-state index contributed by atoms with van der Waals surface area (Å²) in [5.74, 6) is 0.171. The number of amides is 1. The van der Waals surface area contributed by atoms with Crippen molar-refractivity contribution in [2.24, 2.45) is 0 Å². The molecule has 3 nitrogen and oxygen atoms in total. The molecule has 1 fully saturated rings. The largest absolute Gasteiger partial charge is 0.348 e. The molecule has 1 heterocycles. The van der Waals surface area contributed by atoms with E-state index in [9.17, 15) is 4.79 Å². The predicted octanol–water partition coefficient (Wildman–Crippen LogP) is 1.54. The summed E-state index contributed by atoms with van der Waals surface area (Å²) in [6.45, 7) is 0.972. The molecule has 2 aliphatic rings. The van der Waals surface area contributed by atoms with Gasteiger partial charge in [0.05, 0.1) is 12.1 Å². The molecule has 1 amide bonds. The fraction of sp³-hybridized carbons (Fsp3) is 0.500. The molecular formula is C14H18N2O. The van der Waals surface area contributed by atoms with Gasteiger partial charge in [-0.1, -0.05) is 24.3 Å². The number of carbonyl (C=O) groups is 1. The quantitative estimate of drug-likeness (QED) is 0.809. The number of fused-ring (bicyclic) bond motifs is 1. The Bertz CT molecular complexity index is 424. The first-order valence-electron chi connectivity index (χ1n) is 6.46. The predicted molar refractivity (Wildman–Crippen MR) is 66.7 cm³/mol. The topological polar surface area (TPSA) is 41.1 Å². The number of nitrogens with one attached hydrogen (secondary N) is 2. The Morgan fingerprint density at radius 3 is 3.00 bits per heavy atom. The fourth-order valence-electron chi connectivity index (χ4n) is 2.89. The van der Waals surface area contributed by atoms with E-state index in [-0.39, 0.29) is 18.0 Å². The van der Waals surface area contributed by atoms with Crippen LogP contribution in [0.25, 0.3) is 0 Å². The molecule has 0 aromatic heterocycles. The summed E-state index contributed by atoms with van der Waals surface area (Å²) in [7, 11) is 0. The molecule has 1 aromatic rings. The molecule has 0 radical (unpaired) electrons. The maximum Gasteiger partial charge on any atom is 0.237 e. The first kappa shape index (κ1) is 10.8. The van der Waals surface area contributed by atoms with Gasteiger partial charge < -0.3 is 10.6 Å². The van der Waals surface area contributed by atoms with Crippen LogP contribution in [0, 0.1) is 0 Å². The summed E-state index contributed by atoms with van der Waals surface area (Å²) >= 11 is 0. The van der Waals surface area contributed by atoms with Crippen molar-refractivity contribution in [2.45, 2.75) is 37.8 Å². The van der Waals surface area contributed by atoms with E-state index in [1.54, 1.807) is 0 Å². The number of rotatable bonds is 2. The molecule has 0 unspecified atom stereocenters. The summed E-state index contributed by atoms with van der Waals surface area (Å²) in [6.07, 6.45) is 4.20. The Morgan fingerprint density at radius 1 is 1.29 bits per heavy atom. The van der Waals surface area contributed by atoms with Crippen molar-refractivity contribution < 1.29 is 4.79 Å². The van der Waals surface area contributed by atoms with Crippen LogP contribution in [0.1, 0.15) is 36.4 Å². The van der Waals surface area contributed by atoms with E-state index in [2.05, 4.69) is 34.9 Å². The highest BCUT2D eigenvalue weighted by Gasteiger charge is 2.27. The number of benzene rings is 1. The number of aryl methyl sites for hydroxylation is 1. The molecule has 3 heteroatoms. The normalized spacial score (nSPS) is 26.8. The van der Waals surface area contributed by atoms with Crippen molar-refractivity contribution in [3.63, 3.8) is 0 Å². The van der Waals surface area contributed by atoms with Gasteiger partial charge in [0, 0.05) is 0 Å². The molecule has 1 aliphatic carbocycles. The average molecular weight is 230 g/mol. The zero-order valence-electron chi connectivity index (χ0n) is 9.91. The second-order valence-corrected chi connectivity index (χ2v) is 4.95. The minimum atomic E-state index is 0.0303. The maximum atomic E-state index is 12.0. The van der Waals surface area contributed by atoms with Crippen LogP contribution < -0.4 is 10.6 Å². The molecule has 1 aliphatic heterocycles. The third kappa shape index (κ3) is 2.07. The summed E-state index contributed by atoms with van der Waals surface area (Å²) in [5, 5.41) is 6.42. The molecule has 2 N–H and O–H groups in total. The minimum absolute atomic E-state index is 0.0303. The van der Waals surface area contributed by atoms with E-state index in [4.69, 9.17) is 0 Å². The SMILES string of the molecule is O=C(N[C@@H]1CCc2ccccc21)[C@@H]1CCCN1. The van der Waals surface area contributed by atoms with Crippen LogP contribution in [0.15, 0.2) is 24.3 Å². The zero-order chi connectivity index (χ0) is 11.7. The van der Waals surface area contributed by atoms with Gasteiger partial charge in [0.2, 0.25) is 5.91 Å². The van der Waals surface area contributed by atoms with Crippen molar-refractivity contribution in [1.82, 2.24) is 10.6 Å². The van der Waals surface area contributed by atoms with E-state index >= 15 is 0 Å². The average Bonchev–Trinajstić information content (AvgIpc) is 2.98. The first-order valence-corrected chi connectivity index (χ1v) is 6.46. The lowest BCUT2D eigenvalue weighted by Crippen LogP contribution is -2.41. The molecule has 3 rings (SSSR count). The Morgan fingerprint density at radius 2 is 2.18 bits per heavy atom. The van der Waals surface area contributed by atoms with Crippen LogP contribution >= 0.6 is 0 Å². The highest BCUT2D eigenvalue weighted by molar-refractivity contribution is 5.82. The van der Waals surface area contributed by atoms with Crippen LogP contribution in [-0.2, 0) is 11.2 Å². The van der Waals surface area contributed by atoms with Crippen molar-refractivity contribution in [1.29, 1.82) is 0 Å². The maximum absolute atomic E-state index is 12.0. The highest BCUT2D eigenvalue weighted by atomic mass is 16.2. The summed E-state index contributed by atoms with van der Waals surface area (Å²) < 4.78 is 0. The number of carbonyl (C=O) groups excluding carboxylic acids is 1. The number of hydrogen-bond acceptors (Lipinski definition) is 2. The van der Waals surface area contributed by atoms with E-state index in [0.29, 0.717) is 0 Å². The molecule has 0 spiro atoms. The monoisotopic (exact) mass is 230 g/mol. The number of hydrogen-bond donors (Lipinski definition) is 2. The molecule has 90 valence electrons. The Kier molecular flexibility index (Phi) is 2.85. The van der Waals surface area contributed by atoms with E-state index in [0.717, 1.165) is 32.2 Å². The minimum Gasteiger partial charge on any atom is -0.348 e. The van der Waals surface area contributed by atoms with Gasteiger partial charge in [-0.25, -0.2) is 0 Å². The van der Waals surface area contributed by atoms with Crippen molar-refractivity contribution >= 4 is 5.91 Å². The van der Waals surface area contributed by atoms with E-state index in [1.165, 1.54) is 11.1 Å². The molecule has 0 saturated carbocycles. The second kappa shape index (κ2) is 4.49. The van der Waals surface area contributed by atoms with Gasteiger partial charge >= 0.3 is 0 Å². The van der Waals surface area contributed by atoms with Crippen LogP contribution in [-0.4, -0.2) is 18.5 Å². The Balaban J connectivity index is 1.68. The van der Waals surface area contributed by atoms with Crippen molar-refractivity contribution in [3.05, 3.63) is 35.4 Å². The van der Waals surface area contributed by atoms with Gasteiger partial charge in [0.1, 0.15) is 0 Å². The van der Waals surface area contributed by atoms with Crippen LogP contribution in [0.2, 0.25) is 0 Å². The smallest absolute Gasteiger partial charge is 0.237 e. The summed E-state index contributed by atoms with van der Waals surface area (Å²) in [6, 6.07) is 8.67. The lowest BCUT2D eigenvalue weighted by atomic mass is 10.1. The van der Waals surface area contributed by atoms with Crippen LogP contribution in [0.4, 0.5) is 0 Å². The lowest BCUT2D eigenvalue weighted by molar-refractivity contribution is -0.123. The third-order valence-electron chi connectivity index (χ3n) is 3.83. The van der Waals surface area contributed by atoms with Crippen molar-refractivity contribution in [2.75, 3.05) is 6.54 Å². The molecule has 2 atom stereocenters. The molecule has 1 aromatic carbocycles. The molecule has 1 saturated heterocycles. The second-order valence-electron chi connectivity index (χ2n) is 4.95. The van der Waals surface area contributed by atoms with Gasteiger partial charge in [0.25, 0.3) is 0 Å². The first-order chi connectivity index (χ1) is 8.34. The third-order valence-corrected chi connectivity index (χ3v) is 3.83. The molecule has 0 bridgehead atoms. The highest BCUT2D eigenvalue weighted by Crippen LogP contribution is 2.30. The fourth-order valence-corrected chi connectivity index (χ4v) is 2.89. The Hall–Kier alpha value is -1.35. The van der Waals surface area contributed by atoms with Gasteiger partial charge in [-0.2, -0.15) is 0 Å². The van der Waals surface area contributed by atoms with Gasteiger partial charge in [-0.15, -0.1) is 0 Å². The zero-order valence-corrected chi connectivity index (χ0v) is 9.91. The molecule has 17 heavy (non-hydrogen) atoms. The van der Waals surface area contributed by atoms with Crippen LogP contribution in [0.5, 0.6) is 0 Å². The van der Waals surface area contributed by atoms with Gasteiger partial charge in [-0.05, 0) is 43.4 Å². The van der Waals surface area contributed by atoms with Gasteiger partial charge in [-0.3, -0.25) is 4.79 Å². The van der Waals surface area contributed by atoms with E-state index in [1.807, 2.05) is 0 Å². The van der Waals surface area contributed by atoms with Crippen LogP contribution in [0.3, 0.4) is 0 Å². The van der Waals surface area contributed by atoms with Crippen molar-refractivity contribution in [3.8, 4) is 0 Å². The van der Waals surface area contributed by atoms with Gasteiger partial charge in [0.15, 0.2) is 0 Å². The van der Waals surface area contributed by atoms with E-state index < -0.39 is 0 Å². The lowest BCUT2D eigenvalue weighted by Gasteiger charge is -2.17.